The van der Waals surface area contributed by atoms with Gasteiger partial charge in [-0.25, -0.2) is 0 Å². The number of methoxy groups -OCH3 is 1. The van der Waals surface area contributed by atoms with Gasteiger partial charge in [0, 0.05) is 12.6 Å². The predicted molar refractivity (Wildman–Crippen MR) is 70.6 cm³/mol. The summed E-state index contributed by atoms with van der Waals surface area (Å²) in [6.45, 7) is 1.96. The molecule has 0 saturated carbocycles. The highest BCUT2D eigenvalue weighted by Gasteiger charge is 2.12. The topological polar surface area (TPSA) is 42.4 Å². The molecule has 1 unspecified atom stereocenters. The van der Waals surface area contributed by atoms with Gasteiger partial charge in [0.1, 0.15) is 11.9 Å². The molecule has 0 fully saturated rings. The molecular formula is C15H17NO2. The van der Waals surface area contributed by atoms with Crippen molar-refractivity contribution in [3.05, 3.63) is 59.4 Å². The summed E-state index contributed by atoms with van der Waals surface area (Å²) >= 11 is 0. The average Bonchev–Trinajstić information content (AvgIpc) is 2.39. The van der Waals surface area contributed by atoms with Crippen LogP contribution in [0.2, 0.25) is 0 Å². The first-order valence-corrected chi connectivity index (χ1v) is 5.93. The molecule has 1 aromatic heterocycles. The number of hydrogen-bond acceptors (Lipinski definition) is 3. The highest BCUT2D eigenvalue weighted by Crippen LogP contribution is 2.21. The molecule has 2 rings (SSSR count). The smallest absolute Gasteiger partial charge is 0.119 e. The van der Waals surface area contributed by atoms with E-state index in [4.69, 9.17) is 4.74 Å². The molecule has 0 bridgehead atoms. The number of aromatic nitrogens is 1. The fourth-order valence-electron chi connectivity index (χ4n) is 1.97. The first-order chi connectivity index (χ1) is 8.70. The Kier molecular flexibility index (Phi) is 3.95. The first kappa shape index (κ1) is 12.6. The van der Waals surface area contributed by atoms with Crippen molar-refractivity contribution in [3.63, 3.8) is 0 Å². The quantitative estimate of drug-likeness (QED) is 0.897. The van der Waals surface area contributed by atoms with Crippen LogP contribution in [0.4, 0.5) is 0 Å². The molecule has 1 atom stereocenters. The van der Waals surface area contributed by atoms with E-state index in [0.717, 1.165) is 22.6 Å². The summed E-state index contributed by atoms with van der Waals surface area (Å²) in [5.41, 5.74) is 2.78. The van der Waals surface area contributed by atoms with Crippen LogP contribution < -0.4 is 4.74 Å². The standard InChI is InChI=1S/C15H17NO2/c1-11-5-4-8-16-15(11)14(17)10-12-6-3-7-13(9-12)18-2/h3-9,14,17H,10H2,1-2H3. The van der Waals surface area contributed by atoms with Crippen LogP contribution in [0.1, 0.15) is 22.9 Å². The maximum absolute atomic E-state index is 10.2. The van der Waals surface area contributed by atoms with Gasteiger partial charge >= 0.3 is 0 Å². The second kappa shape index (κ2) is 5.65. The number of benzene rings is 1. The number of aliphatic hydroxyl groups is 1. The molecule has 0 radical (unpaired) electrons. The molecule has 1 aromatic carbocycles. The van der Waals surface area contributed by atoms with E-state index in [0.29, 0.717) is 6.42 Å². The molecule has 0 saturated heterocycles. The van der Waals surface area contributed by atoms with Crippen LogP contribution in [0.3, 0.4) is 0 Å². The van der Waals surface area contributed by atoms with Gasteiger partial charge in [0.05, 0.1) is 12.8 Å². The Morgan fingerprint density at radius 1 is 1.28 bits per heavy atom. The maximum atomic E-state index is 10.2. The summed E-state index contributed by atoms with van der Waals surface area (Å²) in [5.74, 6) is 0.803. The minimum atomic E-state index is -0.585. The second-order valence-corrected chi connectivity index (χ2v) is 4.28. The van der Waals surface area contributed by atoms with Gasteiger partial charge in [-0.3, -0.25) is 4.98 Å². The lowest BCUT2D eigenvalue weighted by Gasteiger charge is -2.13. The summed E-state index contributed by atoms with van der Waals surface area (Å²) in [6, 6.07) is 11.5. The minimum Gasteiger partial charge on any atom is -0.497 e. The van der Waals surface area contributed by atoms with Crippen molar-refractivity contribution in [2.45, 2.75) is 19.4 Å². The summed E-state index contributed by atoms with van der Waals surface area (Å²) in [4.78, 5) is 4.24. The Labute approximate surface area is 107 Å². The Morgan fingerprint density at radius 3 is 2.83 bits per heavy atom. The Balaban J connectivity index is 2.16. The van der Waals surface area contributed by atoms with Gasteiger partial charge in [0.15, 0.2) is 0 Å². The lowest BCUT2D eigenvalue weighted by Crippen LogP contribution is -2.06. The molecule has 0 spiro atoms. The van der Waals surface area contributed by atoms with Crippen molar-refractivity contribution >= 4 is 0 Å². The molecule has 1 N–H and O–H groups in total. The lowest BCUT2D eigenvalue weighted by atomic mass is 10.0. The summed E-state index contributed by atoms with van der Waals surface area (Å²) in [5, 5.41) is 10.2. The maximum Gasteiger partial charge on any atom is 0.119 e. The van der Waals surface area contributed by atoms with Crippen molar-refractivity contribution in [2.75, 3.05) is 7.11 Å². The normalized spacial score (nSPS) is 12.2. The molecule has 3 nitrogen and oxygen atoms in total. The number of rotatable bonds is 4. The van der Waals surface area contributed by atoms with Crippen molar-refractivity contribution in [1.29, 1.82) is 0 Å². The van der Waals surface area contributed by atoms with E-state index in [1.807, 2.05) is 43.3 Å². The predicted octanol–water partition coefficient (Wildman–Crippen LogP) is 2.67. The van der Waals surface area contributed by atoms with E-state index < -0.39 is 6.10 Å². The fourth-order valence-corrected chi connectivity index (χ4v) is 1.97. The van der Waals surface area contributed by atoms with Gasteiger partial charge in [-0.1, -0.05) is 18.2 Å². The van der Waals surface area contributed by atoms with E-state index in [-0.39, 0.29) is 0 Å². The zero-order chi connectivity index (χ0) is 13.0. The average molecular weight is 243 g/mol. The summed E-state index contributed by atoms with van der Waals surface area (Å²) in [7, 11) is 1.64. The zero-order valence-corrected chi connectivity index (χ0v) is 10.6. The number of aliphatic hydroxyl groups excluding tert-OH is 1. The van der Waals surface area contributed by atoms with Crippen LogP contribution in [-0.4, -0.2) is 17.2 Å². The van der Waals surface area contributed by atoms with Gasteiger partial charge in [-0.15, -0.1) is 0 Å². The van der Waals surface area contributed by atoms with Gasteiger partial charge in [0.25, 0.3) is 0 Å². The van der Waals surface area contributed by atoms with E-state index in [1.54, 1.807) is 13.3 Å². The van der Waals surface area contributed by atoms with E-state index in [2.05, 4.69) is 4.98 Å². The van der Waals surface area contributed by atoms with Crippen molar-refractivity contribution in [1.82, 2.24) is 4.98 Å². The number of pyridine rings is 1. The first-order valence-electron chi connectivity index (χ1n) is 5.93. The molecule has 94 valence electrons. The minimum absolute atomic E-state index is 0.537. The molecular weight excluding hydrogens is 226 g/mol. The van der Waals surface area contributed by atoms with Crippen LogP contribution >= 0.6 is 0 Å². The van der Waals surface area contributed by atoms with Gasteiger partial charge in [-0.05, 0) is 36.2 Å². The largest absolute Gasteiger partial charge is 0.497 e. The fraction of sp³-hybridized carbons (Fsp3) is 0.267. The third-order valence-electron chi connectivity index (χ3n) is 2.93. The Morgan fingerprint density at radius 2 is 2.11 bits per heavy atom. The van der Waals surface area contributed by atoms with Crippen LogP contribution in [0.25, 0.3) is 0 Å². The van der Waals surface area contributed by atoms with Gasteiger partial charge < -0.3 is 9.84 Å². The highest BCUT2D eigenvalue weighted by molar-refractivity contribution is 5.30. The molecule has 1 heterocycles. The number of ether oxygens (including phenoxy) is 1. The molecule has 0 aliphatic carbocycles. The Bertz CT molecular complexity index is 525. The second-order valence-electron chi connectivity index (χ2n) is 4.28. The summed E-state index contributed by atoms with van der Waals surface area (Å²) < 4.78 is 5.17. The number of nitrogens with zero attached hydrogens (tertiary/aromatic N) is 1. The number of hydrogen-bond donors (Lipinski definition) is 1. The summed E-state index contributed by atoms with van der Waals surface area (Å²) in [6.07, 6.45) is 1.66. The van der Waals surface area contributed by atoms with Crippen molar-refractivity contribution in [2.24, 2.45) is 0 Å². The van der Waals surface area contributed by atoms with Crippen molar-refractivity contribution in [3.8, 4) is 5.75 Å². The molecule has 0 aliphatic heterocycles. The Hall–Kier alpha value is -1.87. The van der Waals surface area contributed by atoms with Gasteiger partial charge in [-0.2, -0.15) is 0 Å². The zero-order valence-electron chi connectivity index (χ0n) is 10.6. The molecule has 0 aliphatic rings. The van der Waals surface area contributed by atoms with Crippen LogP contribution in [0, 0.1) is 6.92 Å². The van der Waals surface area contributed by atoms with Crippen LogP contribution in [0.5, 0.6) is 5.75 Å². The third kappa shape index (κ3) is 2.87. The number of aryl methyl sites for hydroxylation is 1. The van der Waals surface area contributed by atoms with Crippen LogP contribution in [0.15, 0.2) is 42.6 Å². The van der Waals surface area contributed by atoms with E-state index >= 15 is 0 Å². The molecule has 2 aromatic rings. The SMILES string of the molecule is COc1cccc(CC(O)c2ncccc2C)c1. The lowest BCUT2D eigenvalue weighted by molar-refractivity contribution is 0.172. The highest BCUT2D eigenvalue weighted by atomic mass is 16.5. The molecule has 3 heteroatoms. The monoisotopic (exact) mass is 243 g/mol. The molecule has 18 heavy (non-hydrogen) atoms. The van der Waals surface area contributed by atoms with Crippen LogP contribution in [-0.2, 0) is 6.42 Å². The molecule has 0 amide bonds. The van der Waals surface area contributed by atoms with Gasteiger partial charge in [0.2, 0.25) is 0 Å². The van der Waals surface area contributed by atoms with E-state index in [1.165, 1.54) is 0 Å². The van der Waals surface area contributed by atoms with E-state index in [9.17, 15) is 5.11 Å². The third-order valence-corrected chi connectivity index (χ3v) is 2.93. The van der Waals surface area contributed by atoms with Crippen molar-refractivity contribution < 1.29 is 9.84 Å².